The number of hydrogen-bond donors (Lipinski definition) is 2. The smallest absolute Gasteiger partial charge is 0.246 e. The van der Waals surface area contributed by atoms with Gasteiger partial charge in [0, 0.05) is 0 Å². The molecule has 0 saturated carbocycles. The van der Waals surface area contributed by atoms with E-state index in [1.165, 1.54) is 10.9 Å². The molecule has 1 amide bonds. The van der Waals surface area contributed by atoms with Gasteiger partial charge < -0.3 is 10.4 Å². The van der Waals surface area contributed by atoms with Gasteiger partial charge in [-0.3, -0.25) is 4.79 Å². The maximum absolute atomic E-state index is 11.9. The molecule has 0 bridgehead atoms. The molecule has 1 atom stereocenters. The van der Waals surface area contributed by atoms with E-state index in [-0.39, 0.29) is 12.5 Å². The molecule has 1 aromatic heterocycles. The summed E-state index contributed by atoms with van der Waals surface area (Å²) in [4.78, 5) is 11.9. The summed E-state index contributed by atoms with van der Waals surface area (Å²) in [5.74, 6) is -0.266. The number of nitrogens with one attached hydrogen (secondary N) is 1. The van der Waals surface area contributed by atoms with Crippen molar-refractivity contribution in [3.05, 3.63) is 40.7 Å². The molecule has 7 heteroatoms. The van der Waals surface area contributed by atoms with E-state index in [1.807, 2.05) is 13.0 Å². The molecule has 0 aliphatic heterocycles. The Morgan fingerprint density at radius 3 is 2.90 bits per heavy atom. The minimum atomic E-state index is -0.710. The number of benzene rings is 1. The Bertz CT molecular complexity index is 625. The molecular weight excluding hydrogens is 280 g/mol. The Morgan fingerprint density at radius 1 is 1.55 bits per heavy atom. The summed E-state index contributed by atoms with van der Waals surface area (Å²) in [5.41, 5.74) is 2.00. The largest absolute Gasteiger partial charge is 0.387 e. The Kier molecular flexibility index (Phi) is 4.36. The number of aromatic nitrogens is 3. The first kappa shape index (κ1) is 14.5. The molecule has 2 rings (SSSR count). The van der Waals surface area contributed by atoms with E-state index < -0.39 is 6.10 Å². The van der Waals surface area contributed by atoms with Gasteiger partial charge in [-0.15, -0.1) is 5.10 Å². The van der Waals surface area contributed by atoms with E-state index in [9.17, 15) is 9.90 Å². The summed E-state index contributed by atoms with van der Waals surface area (Å²) in [7, 11) is 0. The van der Waals surface area contributed by atoms with E-state index in [2.05, 4.69) is 15.6 Å². The number of carbonyl (C=O) groups excluding carboxylic acids is 1. The molecule has 0 aliphatic carbocycles. The van der Waals surface area contributed by atoms with Crippen LogP contribution in [0.25, 0.3) is 0 Å². The fraction of sp³-hybridized carbons (Fsp3) is 0.308. The quantitative estimate of drug-likeness (QED) is 0.903. The molecule has 6 nitrogen and oxygen atoms in total. The van der Waals surface area contributed by atoms with E-state index in [0.29, 0.717) is 16.4 Å². The summed E-state index contributed by atoms with van der Waals surface area (Å²) in [6.07, 6.45) is 0.819. The molecular formula is C13H15ClN4O2. The van der Waals surface area contributed by atoms with Crippen LogP contribution in [0.1, 0.15) is 24.3 Å². The fourth-order valence-electron chi connectivity index (χ4n) is 1.64. The molecule has 1 aromatic carbocycles. The number of aliphatic hydroxyl groups excluding tert-OH is 1. The van der Waals surface area contributed by atoms with Crippen LogP contribution in [-0.2, 0) is 11.3 Å². The van der Waals surface area contributed by atoms with Gasteiger partial charge in [0.1, 0.15) is 12.2 Å². The number of amides is 1. The van der Waals surface area contributed by atoms with Crippen LogP contribution >= 0.6 is 11.6 Å². The fourth-order valence-corrected chi connectivity index (χ4v) is 1.92. The van der Waals surface area contributed by atoms with Gasteiger partial charge in [0.05, 0.1) is 23.0 Å². The number of halogens is 1. The van der Waals surface area contributed by atoms with Gasteiger partial charge in [-0.1, -0.05) is 22.9 Å². The molecule has 0 spiro atoms. The Morgan fingerprint density at radius 2 is 2.30 bits per heavy atom. The number of aliphatic hydroxyl groups is 1. The lowest BCUT2D eigenvalue weighted by Gasteiger charge is -2.07. The van der Waals surface area contributed by atoms with Crippen molar-refractivity contribution in [3.8, 4) is 0 Å². The van der Waals surface area contributed by atoms with Crippen molar-refractivity contribution in [1.29, 1.82) is 0 Å². The molecule has 2 aromatic rings. The third-order valence-corrected chi connectivity index (χ3v) is 3.00. The predicted molar refractivity (Wildman–Crippen MR) is 75.5 cm³/mol. The van der Waals surface area contributed by atoms with Crippen LogP contribution in [0.5, 0.6) is 0 Å². The van der Waals surface area contributed by atoms with Crippen molar-refractivity contribution in [2.45, 2.75) is 26.5 Å². The summed E-state index contributed by atoms with van der Waals surface area (Å²) < 4.78 is 1.36. The second-order valence-corrected chi connectivity index (χ2v) is 4.96. The second-order valence-electron chi connectivity index (χ2n) is 4.55. The summed E-state index contributed by atoms with van der Waals surface area (Å²) in [6, 6.07) is 5.39. The second kappa shape index (κ2) is 6.02. The van der Waals surface area contributed by atoms with Crippen molar-refractivity contribution in [1.82, 2.24) is 15.0 Å². The maximum atomic E-state index is 11.9. The van der Waals surface area contributed by atoms with Gasteiger partial charge in [-0.2, -0.15) is 0 Å². The molecule has 20 heavy (non-hydrogen) atoms. The summed E-state index contributed by atoms with van der Waals surface area (Å²) >= 11 is 6.04. The summed E-state index contributed by atoms with van der Waals surface area (Å²) in [6.45, 7) is 3.51. The molecule has 106 valence electrons. The normalized spacial score (nSPS) is 12.2. The predicted octanol–water partition coefficient (Wildman–Crippen LogP) is 1.93. The number of carbonyl (C=O) groups is 1. The lowest BCUT2D eigenvalue weighted by molar-refractivity contribution is -0.116. The van der Waals surface area contributed by atoms with Crippen molar-refractivity contribution in [3.63, 3.8) is 0 Å². The van der Waals surface area contributed by atoms with Crippen molar-refractivity contribution in [2.24, 2.45) is 0 Å². The Labute approximate surface area is 121 Å². The van der Waals surface area contributed by atoms with Crippen LogP contribution < -0.4 is 5.32 Å². The maximum Gasteiger partial charge on any atom is 0.246 e. The molecule has 2 N–H and O–H groups in total. The highest BCUT2D eigenvalue weighted by Crippen LogP contribution is 2.22. The SMILES string of the molecule is Cc1ccc(NC(=O)Cn2cc(C(C)O)nn2)c(Cl)c1. The third-order valence-electron chi connectivity index (χ3n) is 2.69. The molecule has 0 radical (unpaired) electrons. The highest BCUT2D eigenvalue weighted by Gasteiger charge is 2.10. The van der Waals surface area contributed by atoms with Crippen molar-refractivity contribution >= 4 is 23.2 Å². The Hall–Kier alpha value is -1.92. The van der Waals surface area contributed by atoms with Crippen LogP contribution in [0.15, 0.2) is 24.4 Å². The molecule has 0 saturated heterocycles. The van der Waals surface area contributed by atoms with E-state index in [4.69, 9.17) is 11.6 Å². The highest BCUT2D eigenvalue weighted by atomic mass is 35.5. The monoisotopic (exact) mass is 294 g/mol. The van der Waals surface area contributed by atoms with Gasteiger partial charge in [-0.05, 0) is 31.5 Å². The lowest BCUT2D eigenvalue weighted by Crippen LogP contribution is -2.19. The zero-order valence-corrected chi connectivity index (χ0v) is 11.9. The van der Waals surface area contributed by atoms with Crippen LogP contribution in [0.3, 0.4) is 0 Å². The lowest BCUT2D eigenvalue weighted by atomic mass is 10.2. The van der Waals surface area contributed by atoms with Gasteiger partial charge in [0.25, 0.3) is 0 Å². The Balaban J connectivity index is 2.01. The zero-order chi connectivity index (χ0) is 14.7. The average Bonchev–Trinajstić information content (AvgIpc) is 2.81. The first-order chi connectivity index (χ1) is 9.45. The number of nitrogens with zero attached hydrogens (tertiary/aromatic N) is 3. The van der Waals surface area contributed by atoms with Gasteiger partial charge in [0.15, 0.2) is 0 Å². The minimum Gasteiger partial charge on any atom is -0.387 e. The van der Waals surface area contributed by atoms with Crippen molar-refractivity contribution < 1.29 is 9.90 Å². The molecule has 0 fully saturated rings. The van der Waals surface area contributed by atoms with Crippen molar-refractivity contribution in [2.75, 3.05) is 5.32 Å². The zero-order valence-electron chi connectivity index (χ0n) is 11.2. The number of rotatable bonds is 4. The number of aryl methyl sites for hydroxylation is 1. The molecule has 1 unspecified atom stereocenters. The van der Waals surface area contributed by atoms with Crippen LogP contribution in [0.2, 0.25) is 5.02 Å². The summed E-state index contributed by atoms with van der Waals surface area (Å²) in [5, 5.41) is 20.1. The van der Waals surface area contributed by atoms with Crippen LogP contribution in [0.4, 0.5) is 5.69 Å². The average molecular weight is 295 g/mol. The van der Waals surface area contributed by atoms with E-state index in [0.717, 1.165) is 5.56 Å². The minimum absolute atomic E-state index is 0.00389. The van der Waals surface area contributed by atoms with Crippen LogP contribution in [0, 0.1) is 6.92 Å². The highest BCUT2D eigenvalue weighted by molar-refractivity contribution is 6.33. The number of anilines is 1. The number of hydrogen-bond acceptors (Lipinski definition) is 4. The van der Waals surface area contributed by atoms with Crippen LogP contribution in [-0.4, -0.2) is 26.0 Å². The van der Waals surface area contributed by atoms with Gasteiger partial charge >= 0.3 is 0 Å². The third kappa shape index (κ3) is 3.55. The topological polar surface area (TPSA) is 80.0 Å². The first-order valence-electron chi connectivity index (χ1n) is 6.10. The van der Waals surface area contributed by atoms with Gasteiger partial charge in [-0.25, -0.2) is 4.68 Å². The first-order valence-corrected chi connectivity index (χ1v) is 6.47. The molecule has 0 aliphatic rings. The van der Waals surface area contributed by atoms with Gasteiger partial charge in [0.2, 0.25) is 5.91 Å². The van der Waals surface area contributed by atoms with E-state index in [1.54, 1.807) is 19.1 Å². The standard InChI is InChI=1S/C13H15ClN4O2/c1-8-3-4-11(10(14)5-8)15-13(20)7-18-6-12(9(2)19)16-17-18/h3-6,9,19H,7H2,1-2H3,(H,15,20). The molecule has 1 heterocycles. The van der Waals surface area contributed by atoms with E-state index >= 15 is 0 Å².